The molecule has 0 amide bonds. The largest absolute Gasteiger partial charge is 0.503 e. The molecule has 0 unspecified atom stereocenters. The van der Waals surface area contributed by atoms with Crippen LogP contribution in [0, 0.1) is 0 Å². The first-order valence-electron chi connectivity index (χ1n) is 12.6. The van der Waals surface area contributed by atoms with Crippen molar-refractivity contribution in [2.24, 2.45) is 0 Å². The Hall–Kier alpha value is -2.81. The molecule has 1 aliphatic heterocycles. The summed E-state index contributed by atoms with van der Waals surface area (Å²) in [6.07, 6.45) is 0.892. The Morgan fingerprint density at radius 3 is 2.53 bits per heavy atom. The van der Waals surface area contributed by atoms with Gasteiger partial charge in [0, 0.05) is 40.9 Å². The summed E-state index contributed by atoms with van der Waals surface area (Å²) in [6.45, 7) is 6.73. The van der Waals surface area contributed by atoms with Crippen molar-refractivity contribution in [1.82, 2.24) is 5.32 Å². The first kappa shape index (κ1) is 28.2. The predicted octanol–water partition coefficient (Wildman–Crippen LogP) is 6.15. The van der Waals surface area contributed by atoms with E-state index < -0.39 is 11.9 Å². The number of nitrogens with one attached hydrogen (secondary N) is 1. The number of carbonyl (C=O) groups is 2. The molecule has 0 spiro atoms. The van der Waals surface area contributed by atoms with Crippen LogP contribution in [0.25, 0.3) is 0 Å². The minimum absolute atomic E-state index is 0.0234. The van der Waals surface area contributed by atoms with Crippen molar-refractivity contribution in [2.45, 2.75) is 45.4 Å². The summed E-state index contributed by atoms with van der Waals surface area (Å²) in [5.41, 5.74) is 3.93. The van der Waals surface area contributed by atoms with Crippen molar-refractivity contribution in [2.75, 3.05) is 26.4 Å². The normalized spacial score (nSPS) is 19.2. The molecule has 0 radical (unpaired) electrons. The smallest absolute Gasteiger partial charge is 0.336 e. The monoisotopic (exact) mass is 603 g/mol. The zero-order valence-electron chi connectivity index (χ0n) is 21.6. The molecule has 9 heteroatoms. The molecule has 2 N–H and O–H groups in total. The number of aromatic hydroxyl groups is 1. The average molecular weight is 605 g/mol. The summed E-state index contributed by atoms with van der Waals surface area (Å²) in [6, 6.07) is 10.9. The number of rotatable bonds is 9. The van der Waals surface area contributed by atoms with E-state index in [0.717, 1.165) is 11.3 Å². The highest BCUT2D eigenvalue weighted by Gasteiger charge is 2.42. The van der Waals surface area contributed by atoms with Crippen molar-refractivity contribution in [3.05, 3.63) is 79.6 Å². The maximum absolute atomic E-state index is 13.8. The number of carbonyl (C=O) groups excluding carboxylic acids is 2. The van der Waals surface area contributed by atoms with Gasteiger partial charge < -0.3 is 24.6 Å². The Balaban J connectivity index is 1.78. The lowest BCUT2D eigenvalue weighted by atomic mass is 9.71. The van der Waals surface area contributed by atoms with E-state index in [9.17, 15) is 14.7 Å². The number of phenolic OH excluding ortho intramolecular Hbond substituents is 1. The second-order valence-electron chi connectivity index (χ2n) is 9.18. The molecule has 7 nitrogen and oxygen atoms in total. The average Bonchev–Trinajstić information content (AvgIpc) is 2.88. The number of ketones is 1. The second kappa shape index (κ2) is 12.4. The van der Waals surface area contributed by atoms with E-state index in [1.807, 2.05) is 45.0 Å². The zero-order valence-corrected chi connectivity index (χ0v) is 23.9. The van der Waals surface area contributed by atoms with E-state index in [1.54, 1.807) is 12.1 Å². The number of ether oxygens (including phenoxy) is 3. The predicted molar refractivity (Wildman–Crippen MR) is 148 cm³/mol. The third kappa shape index (κ3) is 5.92. The molecule has 2 aromatic carbocycles. The van der Waals surface area contributed by atoms with Gasteiger partial charge in [-0.2, -0.15) is 0 Å². The van der Waals surface area contributed by atoms with Gasteiger partial charge in [0.25, 0.3) is 0 Å². The lowest BCUT2D eigenvalue weighted by molar-refractivity contribution is -0.140. The second-order valence-corrected chi connectivity index (χ2v) is 10.5. The molecule has 2 atom stereocenters. The maximum atomic E-state index is 13.8. The third-order valence-corrected chi connectivity index (χ3v) is 7.59. The Morgan fingerprint density at radius 1 is 1.11 bits per heavy atom. The minimum atomic E-state index is -0.694. The van der Waals surface area contributed by atoms with E-state index in [2.05, 4.69) is 21.2 Å². The van der Waals surface area contributed by atoms with Crippen LogP contribution in [0.1, 0.15) is 56.6 Å². The molecule has 202 valence electrons. The summed E-state index contributed by atoms with van der Waals surface area (Å²) < 4.78 is 16.9. The maximum Gasteiger partial charge on any atom is 0.336 e. The molecule has 0 aromatic heterocycles. The van der Waals surface area contributed by atoms with Gasteiger partial charge >= 0.3 is 5.97 Å². The van der Waals surface area contributed by atoms with Gasteiger partial charge in [-0.25, -0.2) is 4.79 Å². The minimum Gasteiger partial charge on any atom is -0.503 e. The molecule has 0 bridgehead atoms. The number of allylic oxidation sites excluding steroid dienone is 3. The zero-order chi connectivity index (χ0) is 27.4. The summed E-state index contributed by atoms with van der Waals surface area (Å²) in [4.78, 5) is 27.2. The number of Topliss-reactive ketones (excluding diaryl/α,β-unsaturated/α-hetero) is 1. The van der Waals surface area contributed by atoms with E-state index in [1.165, 1.54) is 0 Å². The lowest BCUT2D eigenvalue weighted by Crippen LogP contribution is -2.36. The Morgan fingerprint density at radius 2 is 1.84 bits per heavy atom. The molecular formula is C29H31BrClNO6. The Kier molecular flexibility index (Phi) is 9.18. The third-order valence-electron chi connectivity index (χ3n) is 6.74. The Bertz CT molecular complexity index is 1290. The van der Waals surface area contributed by atoms with Gasteiger partial charge in [-0.3, -0.25) is 4.79 Å². The molecule has 2 aromatic rings. The van der Waals surface area contributed by atoms with Crippen LogP contribution in [0.2, 0.25) is 5.02 Å². The number of hydrogen-bond donors (Lipinski definition) is 2. The first-order valence-corrected chi connectivity index (χ1v) is 13.8. The van der Waals surface area contributed by atoms with E-state index in [0.29, 0.717) is 58.0 Å². The molecule has 0 fully saturated rings. The van der Waals surface area contributed by atoms with Crippen molar-refractivity contribution < 1.29 is 28.9 Å². The number of hydrogen-bond acceptors (Lipinski definition) is 7. The van der Waals surface area contributed by atoms with Crippen LogP contribution in [-0.2, 0) is 19.1 Å². The van der Waals surface area contributed by atoms with Crippen molar-refractivity contribution in [1.29, 1.82) is 0 Å². The standard InChI is InChI=1S/C29H31BrClNO6/c1-4-36-10-11-38-29(35)25-16(3)32-22-13-18(17-6-8-20(31)9-7-17)14-23(33)27(22)26(25)19-12-21(30)28(34)24(15-19)37-5-2/h6-9,12,15,18,26,32,34H,4-5,10-11,13-14H2,1-3H3/t18-,26+/m1/s1. The van der Waals surface area contributed by atoms with E-state index in [4.69, 9.17) is 25.8 Å². The highest BCUT2D eigenvalue weighted by molar-refractivity contribution is 9.10. The number of phenols is 1. The van der Waals surface area contributed by atoms with Crippen LogP contribution in [0.3, 0.4) is 0 Å². The van der Waals surface area contributed by atoms with Gasteiger partial charge in [0.05, 0.1) is 23.3 Å². The fourth-order valence-electron chi connectivity index (χ4n) is 5.05. The van der Waals surface area contributed by atoms with Crippen LogP contribution in [-0.4, -0.2) is 43.3 Å². The number of dihydropyridines is 1. The van der Waals surface area contributed by atoms with Crippen LogP contribution in [0.15, 0.2) is 63.4 Å². The van der Waals surface area contributed by atoms with Crippen molar-refractivity contribution in [3.8, 4) is 11.5 Å². The highest BCUT2D eigenvalue weighted by Crippen LogP contribution is 2.48. The SMILES string of the molecule is CCOCCOC(=O)C1=C(C)NC2=C(C(=O)C[C@H](c3ccc(Cl)cc3)C2)[C@H]1c1cc(Br)c(O)c(OCC)c1. The Labute approximate surface area is 235 Å². The topological polar surface area (TPSA) is 94.1 Å². The van der Waals surface area contributed by atoms with Gasteiger partial charge in [-0.15, -0.1) is 0 Å². The molecule has 4 rings (SSSR count). The van der Waals surface area contributed by atoms with Gasteiger partial charge in [-0.1, -0.05) is 23.7 Å². The molecule has 2 aliphatic rings. The number of halogens is 2. The first-order chi connectivity index (χ1) is 18.2. The summed E-state index contributed by atoms with van der Waals surface area (Å²) in [7, 11) is 0. The molecular weight excluding hydrogens is 574 g/mol. The summed E-state index contributed by atoms with van der Waals surface area (Å²) in [5, 5.41) is 14.5. The van der Waals surface area contributed by atoms with Crippen molar-refractivity contribution >= 4 is 39.3 Å². The van der Waals surface area contributed by atoms with Crippen LogP contribution < -0.4 is 10.1 Å². The fourth-order valence-corrected chi connectivity index (χ4v) is 5.64. The molecule has 1 heterocycles. The molecule has 1 aliphatic carbocycles. The van der Waals surface area contributed by atoms with E-state index in [-0.39, 0.29) is 36.4 Å². The van der Waals surface area contributed by atoms with Gasteiger partial charge in [0.15, 0.2) is 17.3 Å². The van der Waals surface area contributed by atoms with Crippen LogP contribution >= 0.6 is 27.5 Å². The summed E-state index contributed by atoms with van der Waals surface area (Å²) in [5.74, 6) is -1.08. The number of benzene rings is 2. The fraction of sp³-hybridized carbons (Fsp3) is 0.379. The van der Waals surface area contributed by atoms with Gasteiger partial charge in [0.2, 0.25) is 0 Å². The van der Waals surface area contributed by atoms with Crippen LogP contribution in [0.5, 0.6) is 11.5 Å². The quantitative estimate of drug-likeness (QED) is 0.262. The lowest BCUT2D eigenvalue weighted by Gasteiger charge is -2.37. The van der Waals surface area contributed by atoms with Gasteiger partial charge in [0.1, 0.15) is 6.61 Å². The van der Waals surface area contributed by atoms with Gasteiger partial charge in [-0.05, 0) is 84.4 Å². The molecule has 0 saturated carbocycles. The number of esters is 1. The summed E-state index contributed by atoms with van der Waals surface area (Å²) >= 11 is 9.48. The van der Waals surface area contributed by atoms with E-state index >= 15 is 0 Å². The van der Waals surface area contributed by atoms with Crippen LogP contribution in [0.4, 0.5) is 0 Å². The highest BCUT2D eigenvalue weighted by atomic mass is 79.9. The van der Waals surface area contributed by atoms with Crippen molar-refractivity contribution in [3.63, 3.8) is 0 Å². The molecule has 38 heavy (non-hydrogen) atoms. The molecule has 0 saturated heterocycles.